The molecule has 3 heterocycles. The van der Waals surface area contributed by atoms with Crippen LogP contribution in [0.4, 0.5) is 11.4 Å². The van der Waals surface area contributed by atoms with Gasteiger partial charge in [-0.25, -0.2) is 9.69 Å². The lowest BCUT2D eigenvalue weighted by atomic mass is 10.0. The highest BCUT2D eigenvalue weighted by Crippen LogP contribution is 2.43. The van der Waals surface area contributed by atoms with E-state index in [0.29, 0.717) is 11.4 Å². The third kappa shape index (κ3) is 4.45. The van der Waals surface area contributed by atoms with E-state index in [1.807, 2.05) is 24.3 Å². The highest BCUT2D eigenvalue weighted by atomic mass is 15.0. The van der Waals surface area contributed by atoms with Gasteiger partial charge in [0.15, 0.2) is 11.4 Å². The second kappa shape index (κ2) is 11.8. The first kappa shape index (κ1) is 30.7. The van der Waals surface area contributed by atoms with Crippen LogP contribution in [-0.4, -0.2) is 13.7 Å². The molecule has 0 spiro atoms. The maximum absolute atomic E-state index is 8.19. The lowest BCUT2D eigenvalue weighted by Crippen LogP contribution is -1.99. The van der Waals surface area contributed by atoms with Gasteiger partial charge in [0.05, 0.1) is 57.6 Å². The van der Waals surface area contributed by atoms with Gasteiger partial charge in [0.1, 0.15) is 0 Å². The molecule has 0 fully saturated rings. The Labute approximate surface area is 316 Å². The summed E-state index contributed by atoms with van der Waals surface area (Å²) >= 11 is 0. The number of benzene rings is 8. The van der Waals surface area contributed by atoms with Gasteiger partial charge in [-0.3, -0.25) is 0 Å². The van der Waals surface area contributed by atoms with Crippen LogP contribution in [-0.2, 0) is 0 Å². The van der Waals surface area contributed by atoms with Crippen LogP contribution in [0.25, 0.3) is 103 Å². The van der Waals surface area contributed by atoms with E-state index in [2.05, 4.69) is 175 Å². The predicted octanol–water partition coefficient (Wildman–Crippen LogP) is 13.7. The molecule has 8 aromatic carbocycles. The van der Waals surface area contributed by atoms with Crippen LogP contribution in [0.15, 0.2) is 176 Å². The Bertz CT molecular complexity index is 3360. The van der Waals surface area contributed by atoms with Gasteiger partial charge in [-0.05, 0) is 83.7 Å². The van der Waals surface area contributed by atoms with Crippen LogP contribution >= 0.6 is 0 Å². The first-order chi connectivity index (χ1) is 27.2. The first-order valence-electron chi connectivity index (χ1n) is 18.3. The Hall–Kier alpha value is -7.86. The summed E-state index contributed by atoms with van der Waals surface area (Å²) in [7, 11) is 0. The second-order valence-electron chi connectivity index (χ2n) is 13.9. The summed E-state index contributed by atoms with van der Waals surface area (Å²) < 4.78 is 6.97. The van der Waals surface area contributed by atoms with Gasteiger partial charge < -0.3 is 13.7 Å². The molecule has 0 saturated carbocycles. The largest absolute Gasteiger partial charge is 0.310 e. The maximum atomic E-state index is 8.19. The van der Waals surface area contributed by atoms with Gasteiger partial charge in [0.25, 0.3) is 0 Å². The van der Waals surface area contributed by atoms with E-state index in [4.69, 9.17) is 13.1 Å². The quantitative estimate of drug-likeness (QED) is 0.163. The monoisotopic (exact) mass is 699 g/mol. The molecule has 0 amide bonds. The van der Waals surface area contributed by atoms with Gasteiger partial charge in [-0.1, -0.05) is 103 Å². The second-order valence-corrected chi connectivity index (χ2v) is 13.9. The summed E-state index contributed by atoms with van der Waals surface area (Å²) in [5, 5.41) is 6.84. The van der Waals surface area contributed by atoms with Crippen molar-refractivity contribution in [3.05, 3.63) is 199 Å². The maximum Gasteiger partial charge on any atom is 0.189 e. The highest BCUT2D eigenvalue weighted by Gasteiger charge is 2.22. The minimum absolute atomic E-state index is 0.571. The predicted molar refractivity (Wildman–Crippen MR) is 227 cm³/mol. The molecule has 11 aromatic rings. The van der Waals surface area contributed by atoms with E-state index in [0.717, 1.165) is 72.1 Å². The molecule has 0 radical (unpaired) electrons. The summed E-state index contributed by atoms with van der Waals surface area (Å²) in [6, 6.07) is 61.2. The smallest absolute Gasteiger partial charge is 0.189 e. The van der Waals surface area contributed by atoms with Gasteiger partial charge in [-0.15, -0.1) is 0 Å². The number of fused-ring (bicyclic) bond motifs is 9. The van der Waals surface area contributed by atoms with Crippen molar-refractivity contribution in [3.63, 3.8) is 0 Å². The molecule has 0 saturated heterocycles. The zero-order valence-electron chi connectivity index (χ0n) is 29.5. The normalized spacial score (nSPS) is 11.6. The van der Waals surface area contributed by atoms with Gasteiger partial charge in [0, 0.05) is 38.2 Å². The topological polar surface area (TPSA) is 23.5 Å². The molecule has 0 unspecified atom stereocenters. The van der Waals surface area contributed by atoms with Crippen LogP contribution in [0.5, 0.6) is 0 Å². The molecule has 254 valence electrons. The van der Waals surface area contributed by atoms with Crippen molar-refractivity contribution >= 4 is 76.8 Å². The van der Waals surface area contributed by atoms with Crippen LogP contribution in [0.3, 0.4) is 0 Å². The zero-order chi connectivity index (χ0) is 36.6. The molecule has 5 heteroatoms. The Morgan fingerprint density at radius 3 is 1.45 bits per heavy atom. The van der Waals surface area contributed by atoms with Crippen molar-refractivity contribution in [1.29, 1.82) is 0 Å². The van der Waals surface area contributed by atoms with Gasteiger partial charge >= 0.3 is 0 Å². The molecular weight excluding hydrogens is 671 g/mol. The molecule has 0 bridgehead atoms. The Morgan fingerprint density at radius 2 is 0.836 bits per heavy atom. The van der Waals surface area contributed by atoms with Crippen molar-refractivity contribution in [2.24, 2.45) is 0 Å². The summed E-state index contributed by atoms with van der Waals surface area (Å²) in [4.78, 5) is 7.85. The standard InChI is InChI=1S/C50H29N5/c1-51-33-26-27-47-41(31-33)50-48(24-13-25-49(50)55-45-22-11-6-17-39(45)40-18-7-12-23-46(40)55)54(47)42-19-8-3-14-36(42)32-28-34(52-2)30-35(29-32)53-43-20-9-4-15-37(43)38-16-5-10-21-44(38)53/h3-31H. The van der Waals surface area contributed by atoms with Crippen molar-refractivity contribution in [1.82, 2.24) is 13.7 Å². The van der Waals surface area contributed by atoms with Crippen molar-refractivity contribution in [2.75, 3.05) is 0 Å². The minimum atomic E-state index is 0.571. The first-order valence-corrected chi connectivity index (χ1v) is 18.3. The molecule has 0 N–H and O–H groups in total. The third-order valence-corrected chi connectivity index (χ3v) is 11.0. The number of hydrogen-bond donors (Lipinski definition) is 0. The Balaban J connectivity index is 1.21. The number of aromatic nitrogens is 3. The van der Waals surface area contributed by atoms with Crippen molar-refractivity contribution in [2.45, 2.75) is 0 Å². The molecule has 55 heavy (non-hydrogen) atoms. The average molecular weight is 700 g/mol. The fourth-order valence-electron chi connectivity index (χ4n) is 8.79. The summed E-state index contributed by atoms with van der Waals surface area (Å²) in [5.74, 6) is 0. The fourth-order valence-corrected chi connectivity index (χ4v) is 8.79. The van der Waals surface area contributed by atoms with Crippen molar-refractivity contribution in [3.8, 4) is 28.2 Å². The van der Waals surface area contributed by atoms with E-state index >= 15 is 0 Å². The average Bonchev–Trinajstić information content (AvgIpc) is 3.89. The van der Waals surface area contributed by atoms with Crippen LogP contribution in [0.2, 0.25) is 0 Å². The number of nitrogens with zero attached hydrogens (tertiary/aromatic N) is 5. The molecule has 5 nitrogen and oxygen atoms in total. The van der Waals surface area contributed by atoms with E-state index in [-0.39, 0.29) is 0 Å². The van der Waals surface area contributed by atoms with E-state index in [9.17, 15) is 0 Å². The molecule has 0 atom stereocenters. The minimum Gasteiger partial charge on any atom is -0.310 e. The molecular formula is C50H29N5. The van der Waals surface area contributed by atoms with E-state index in [1.165, 1.54) is 21.5 Å². The summed E-state index contributed by atoms with van der Waals surface area (Å²) in [6.45, 7) is 16.1. The number of para-hydroxylation sites is 5. The third-order valence-electron chi connectivity index (χ3n) is 11.0. The number of hydrogen-bond acceptors (Lipinski definition) is 0. The van der Waals surface area contributed by atoms with Gasteiger partial charge in [-0.2, -0.15) is 0 Å². The number of rotatable bonds is 4. The fraction of sp³-hybridized carbons (Fsp3) is 0. The van der Waals surface area contributed by atoms with E-state index < -0.39 is 0 Å². The SMILES string of the molecule is [C-]#[N+]c1cc(-c2ccccc2-n2c3ccc([N+]#[C-])cc3c3c(-n4c5ccccc5c5ccccc54)cccc32)cc(-n2c3ccccc3c3ccccc32)c1. The molecule has 0 aliphatic rings. The molecule has 0 aliphatic heterocycles. The van der Waals surface area contributed by atoms with Gasteiger partial charge in [0.2, 0.25) is 0 Å². The highest BCUT2D eigenvalue weighted by molar-refractivity contribution is 6.17. The summed E-state index contributed by atoms with van der Waals surface area (Å²) in [6.07, 6.45) is 0. The van der Waals surface area contributed by atoms with Crippen LogP contribution in [0.1, 0.15) is 0 Å². The molecule has 0 aliphatic carbocycles. The van der Waals surface area contributed by atoms with E-state index in [1.54, 1.807) is 0 Å². The lowest BCUT2D eigenvalue weighted by Gasteiger charge is -2.17. The van der Waals surface area contributed by atoms with Crippen LogP contribution in [0, 0.1) is 13.1 Å². The lowest BCUT2D eigenvalue weighted by molar-refractivity contribution is 1.17. The van der Waals surface area contributed by atoms with Crippen molar-refractivity contribution < 1.29 is 0 Å². The molecule has 11 rings (SSSR count). The Morgan fingerprint density at radius 1 is 0.345 bits per heavy atom. The Kier molecular flexibility index (Phi) is 6.61. The summed E-state index contributed by atoms with van der Waals surface area (Å²) in [5.41, 5.74) is 12.6. The zero-order valence-corrected chi connectivity index (χ0v) is 29.5. The van der Waals surface area contributed by atoms with Crippen LogP contribution < -0.4 is 0 Å². The molecule has 3 aromatic heterocycles.